The van der Waals surface area contributed by atoms with Crippen LogP contribution in [-0.4, -0.2) is 10.1 Å². The van der Waals surface area contributed by atoms with Gasteiger partial charge in [0.1, 0.15) is 0 Å². The zero-order chi connectivity index (χ0) is 20.5. The van der Waals surface area contributed by atoms with Crippen LogP contribution in [0, 0.1) is 0 Å². The minimum Gasteiger partial charge on any atom is -0.392 e. The molecule has 3 rings (SSSR count). The largest absolute Gasteiger partial charge is 0.416 e. The van der Waals surface area contributed by atoms with Gasteiger partial charge in [0.25, 0.3) is 0 Å². The molecule has 3 aromatic rings. The Morgan fingerprint density at radius 1 is 0.679 bits per heavy atom. The Morgan fingerprint density at radius 2 is 1.14 bits per heavy atom. The summed E-state index contributed by atoms with van der Waals surface area (Å²) < 4.78 is 76.1. The zero-order valence-corrected chi connectivity index (χ0v) is 14.1. The summed E-state index contributed by atoms with van der Waals surface area (Å²) in [5.41, 5.74) is 0.388. The second-order valence-electron chi connectivity index (χ2n) is 6.04. The van der Waals surface area contributed by atoms with Crippen LogP contribution in [0.1, 0.15) is 16.7 Å². The number of aliphatic hydroxyl groups is 1. The maximum absolute atomic E-state index is 12.7. The van der Waals surface area contributed by atoms with Gasteiger partial charge in [0, 0.05) is 22.9 Å². The van der Waals surface area contributed by atoms with Crippen molar-refractivity contribution in [2.45, 2.75) is 19.0 Å². The second kappa shape index (κ2) is 7.27. The van der Waals surface area contributed by atoms with E-state index >= 15 is 0 Å². The second-order valence-corrected chi connectivity index (χ2v) is 6.04. The van der Waals surface area contributed by atoms with Gasteiger partial charge in [0.05, 0.1) is 23.4 Å². The fraction of sp³-hybridized carbons (Fsp3) is 0.150. The molecule has 0 saturated heterocycles. The molecule has 0 atom stereocenters. The van der Waals surface area contributed by atoms with E-state index in [2.05, 4.69) is 4.98 Å². The van der Waals surface area contributed by atoms with E-state index < -0.39 is 30.1 Å². The highest BCUT2D eigenvalue weighted by Crippen LogP contribution is 2.33. The topological polar surface area (TPSA) is 33.1 Å². The van der Waals surface area contributed by atoms with Gasteiger partial charge in [-0.15, -0.1) is 0 Å². The number of nitrogens with zero attached hydrogens (tertiary/aromatic N) is 1. The molecule has 0 fully saturated rings. The lowest BCUT2D eigenvalue weighted by Crippen LogP contribution is -2.04. The number of aliphatic hydroxyl groups excluding tert-OH is 1. The van der Waals surface area contributed by atoms with Crippen molar-refractivity contribution in [1.29, 1.82) is 0 Å². The average Bonchev–Trinajstić information content (AvgIpc) is 2.66. The third-order valence-corrected chi connectivity index (χ3v) is 4.17. The van der Waals surface area contributed by atoms with E-state index in [0.29, 0.717) is 27.9 Å². The molecule has 0 aliphatic rings. The van der Waals surface area contributed by atoms with Crippen LogP contribution in [0.25, 0.3) is 22.4 Å². The number of halogens is 6. The summed E-state index contributed by atoms with van der Waals surface area (Å²) in [5.74, 6) is 0. The van der Waals surface area contributed by atoms with E-state index in [0.717, 1.165) is 24.3 Å². The lowest BCUT2D eigenvalue weighted by Gasteiger charge is -2.12. The molecule has 2 nitrogen and oxygen atoms in total. The molecule has 146 valence electrons. The maximum atomic E-state index is 12.7. The van der Waals surface area contributed by atoms with Crippen molar-refractivity contribution in [3.8, 4) is 22.4 Å². The number of rotatable bonds is 3. The van der Waals surface area contributed by atoms with E-state index in [4.69, 9.17) is 0 Å². The first-order valence-corrected chi connectivity index (χ1v) is 8.04. The molecule has 0 saturated carbocycles. The lowest BCUT2D eigenvalue weighted by atomic mass is 9.99. The molecule has 1 aromatic heterocycles. The van der Waals surface area contributed by atoms with Crippen LogP contribution in [0.2, 0.25) is 0 Å². The first kappa shape index (κ1) is 19.9. The Morgan fingerprint density at radius 3 is 1.57 bits per heavy atom. The molecular formula is C20H13F6NO. The average molecular weight is 397 g/mol. The van der Waals surface area contributed by atoms with Gasteiger partial charge >= 0.3 is 12.4 Å². The molecular weight excluding hydrogens is 384 g/mol. The van der Waals surface area contributed by atoms with E-state index in [1.807, 2.05) is 0 Å². The Hall–Kier alpha value is -2.87. The molecule has 0 aliphatic carbocycles. The van der Waals surface area contributed by atoms with E-state index in [1.165, 1.54) is 30.5 Å². The minimum atomic E-state index is -4.46. The van der Waals surface area contributed by atoms with Crippen molar-refractivity contribution in [3.05, 3.63) is 77.5 Å². The van der Waals surface area contributed by atoms with Crippen LogP contribution in [0.4, 0.5) is 26.3 Å². The van der Waals surface area contributed by atoms with Crippen LogP contribution < -0.4 is 0 Å². The fourth-order valence-electron chi connectivity index (χ4n) is 2.72. The Bertz CT molecular complexity index is 960. The van der Waals surface area contributed by atoms with Crippen molar-refractivity contribution < 1.29 is 31.4 Å². The predicted molar refractivity (Wildman–Crippen MR) is 91.0 cm³/mol. The number of hydrogen-bond donors (Lipinski definition) is 1. The maximum Gasteiger partial charge on any atom is 0.416 e. The lowest BCUT2D eigenvalue weighted by molar-refractivity contribution is -0.138. The third-order valence-electron chi connectivity index (χ3n) is 4.17. The molecule has 28 heavy (non-hydrogen) atoms. The van der Waals surface area contributed by atoms with Gasteiger partial charge in [0.2, 0.25) is 0 Å². The van der Waals surface area contributed by atoms with Crippen LogP contribution in [0.15, 0.2) is 60.8 Å². The molecule has 0 aliphatic heterocycles. The first-order chi connectivity index (χ1) is 13.1. The summed E-state index contributed by atoms with van der Waals surface area (Å²) in [6, 6.07) is 10.4. The van der Waals surface area contributed by atoms with Gasteiger partial charge in [-0.3, -0.25) is 4.98 Å². The van der Waals surface area contributed by atoms with Crippen LogP contribution in [0.3, 0.4) is 0 Å². The molecule has 0 spiro atoms. The monoisotopic (exact) mass is 397 g/mol. The zero-order valence-electron chi connectivity index (χ0n) is 14.1. The van der Waals surface area contributed by atoms with Gasteiger partial charge in [-0.2, -0.15) is 26.3 Å². The molecule has 0 unspecified atom stereocenters. The smallest absolute Gasteiger partial charge is 0.392 e. The molecule has 2 aromatic carbocycles. The van der Waals surface area contributed by atoms with Crippen molar-refractivity contribution in [2.75, 3.05) is 0 Å². The molecule has 1 heterocycles. The number of hydrogen-bond acceptors (Lipinski definition) is 2. The Kier molecular flexibility index (Phi) is 5.16. The number of pyridine rings is 1. The van der Waals surface area contributed by atoms with Crippen molar-refractivity contribution in [1.82, 2.24) is 4.98 Å². The predicted octanol–water partition coefficient (Wildman–Crippen LogP) is 5.95. The Balaban J connectivity index is 1.94. The summed E-state index contributed by atoms with van der Waals surface area (Å²) in [6.07, 6.45) is -7.51. The molecule has 0 amide bonds. The standard InChI is InChI=1S/C20H13F6NO/c21-19(22,23)16-5-1-12(2-6-16)14-9-15(11-28)18(27-10-14)13-3-7-17(8-4-13)20(24,25)26/h1-10,28H,11H2. The quantitative estimate of drug-likeness (QED) is 0.555. The number of benzene rings is 2. The van der Waals surface area contributed by atoms with Gasteiger partial charge in [-0.25, -0.2) is 0 Å². The SMILES string of the molecule is OCc1cc(-c2ccc(C(F)(F)F)cc2)cnc1-c1ccc(C(F)(F)F)cc1. The first-order valence-electron chi connectivity index (χ1n) is 8.04. The fourth-order valence-corrected chi connectivity index (χ4v) is 2.72. The molecule has 1 N–H and O–H groups in total. The van der Waals surface area contributed by atoms with Crippen LogP contribution >= 0.6 is 0 Å². The molecule has 0 bridgehead atoms. The van der Waals surface area contributed by atoms with Crippen molar-refractivity contribution in [3.63, 3.8) is 0 Å². The summed E-state index contributed by atoms with van der Waals surface area (Å²) in [5, 5.41) is 9.62. The van der Waals surface area contributed by atoms with E-state index in [-0.39, 0.29) is 0 Å². The summed E-state index contributed by atoms with van der Waals surface area (Å²) in [7, 11) is 0. The van der Waals surface area contributed by atoms with Gasteiger partial charge in [-0.1, -0.05) is 24.3 Å². The summed E-state index contributed by atoms with van der Waals surface area (Å²) in [6.45, 7) is -0.433. The van der Waals surface area contributed by atoms with Gasteiger partial charge in [-0.05, 0) is 35.9 Å². The van der Waals surface area contributed by atoms with Crippen LogP contribution in [-0.2, 0) is 19.0 Å². The third kappa shape index (κ3) is 4.17. The Labute approximate surface area is 156 Å². The van der Waals surface area contributed by atoms with E-state index in [9.17, 15) is 31.4 Å². The highest BCUT2D eigenvalue weighted by molar-refractivity contribution is 5.70. The normalized spacial score (nSPS) is 12.2. The van der Waals surface area contributed by atoms with Crippen LogP contribution in [0.5, 0.6) is 0 Å². The highest BCUT2D eigenvalue weighted by Gasteiger charge is 2.31. The number of alkyl halides is 6. The highest BCUT2D eigenvalue weighted by atomic mass is 19.4. The molecule has 8 heteroatoms. The number of aromatic nitrogens is 1. The van der Waals surface area contributed by atoms with E-state index in [1.54, 1.807) is 6.07 Å². The van der Waals surface area contributed by atoms with Gasteiger partial charge in [0.15, 0.2) is 0 Å². The van der Waals surface area contributed by atoms with Crippen molar-refractivity contribution in [2.24, 2.45) is 0 Å². The molecule has 0 radical (unpaired) electrons. The summed E-state index contributed by atoms with van der Waals surface area (Å²) >= 11 is 0. The summed E-state index contributed by atoms with van der Waals surface area (Å²) in [4.78, 5) is 4.20. The van der Waals surface area contributed by atoms with Crippen molar-refractivity contribution >= 4 is 0 Å². The van der Waals surface area contributed by atoms with Gasteiger partial charge < -0.3 is 5.11 Å². The minimum absolute atomic E-state index is 0.298.